The van der Waals surface area contributed by atoms with Crippen molar-refractivity contribution in [3.8, 4) is 10.4 Å². The van der Waals surface area contributed by atoms with Crippen LogP contribution in [0.15, 0.2) is 65.5 Å². The van der Waals surface area contributed by atoms with Crippen LogP contribution in [-0.4, -0.2) is 33.5 Å². The van der Waals surface area contributed by atoms with E-state index >= 15 is 0 Å². The van der Waals surface area contributed by atoms with Gasteiger partial charge in [0.05, 0.1) is 17.6 Å². The van der Waals surface area contributed by atoms with Gasteiger partial charge >= 0.3 is 5.97 Å². The first-order chi connectivity index (χ1) is 15.5. The van der Waals surface area contributed by atoms with Gasteiger partial charge in [0.1, 0.15) is 6.54 Å². The third kappa shape index (κ3) is 4.73. The third-order valence-corrected chi connectivity index (χ3v) is 5.68. The molecule has 0 saturated carbocycles. The number of carbonyl (C=O) groups is 2. The van der Waals surface area contributed by atoms with E-state index in [0.717, 1.165) is 21.5 Å². The van der Waals surface area contributed by atoms with Crippen LogP contribution in [0.2, 0.25) is 0 Å². The van der Waals surface area contributed by atoms with Gasteiger partial charge in [-0.3, -0.25) is 9.59 Å². The minimum atomic E-state index is -0.430. The number of rotatable bonds is 7. The first-order valence-electron chi connectivity index (χ1n) is 10.0. The van der Waals surface area contributed by atoms with E-state index in [2.05, 4.69) is 15.6 Å². The first-order valence-corrected chi connectivity index (χ1v) is 10.9. The van der Waals surface area contributed by atoms with Crippen LogP contribution < -0.4 is 10.9 Å². The van der Waals surface area contributed by atoms with Gasteiger partial charge in [0.25, 0.3) is 5.56 Å². The molecule has 32 heavy (non-hydrogen) atoms. The van der Waals surface area contributed by atoms with Crippen molar-refractivity contribution in [2.45, 2.75) is 19.9 Å². The maximum atomic E-state index is 12.8. The lowest BCUT2D eigenvalue weighted by molar-refractivity contribution is -0.117. The van der Waals surface area contributed by atoms with Gasteiger partial charge < -0.3 is 10.1 Å². The summed E-state index contributed by atoms with van der Waals surface area (Å²) in [4.78, 5) is 38.5. The number of anilines is 1. The summed E-state index contributed by atoms with van der Waals surface area (Å²) in [5.74, 6) is -0.842. The fraction of sp³-hybridized carbons (Fsp3) is 0.174. The van der Waals surface area contributed by atoms with Crippen LogP contribution in [-0.2, 0) is 16.1 Å². The molecule has 0 radical (unpaired) electrons. The van der Waals surface area contributed by atoms with Gasteiger partial charge in [-0.2, -0.15) is 0 Å². The normalized spacial score (nSPS) is 10.8. The SMILES string of the molecule is CCCOC(=O)c1ccc(NC(=O)Cn2nnc3sc(-c4ccccc4)cc3c2=O)cc1. The molecule has 1 amide bonds. The van der Waals surface area contributed by atoms with Crippen LogP contribution in [0.25, 0.3) is 20.7 Å². The number of amides is 1. The maximum absolute atomic E-state index is 12.8. The highest BCUT2D eigenvalue weighted by atomic mass is 32.1. The van der Waals surface area contributed by atoms with Crippen LogP contribution in [0.4, 0.5) is 5.69 Å². The summed E-state index contributed by atoms with van der Waals surface area (Å²) in [6.45, 7) is 1.99. The predicted octanol–water partition coefficient (Wildman–Crippen LogP) is 3.73. The molecule has 0 aliphatic heterocycles. The zero-order chi connectivity index (χ0) is 22.5. The Hall–Kier alpha value is -3.85. The van der Waals surface area contributed by atoms with Crippen molar-refractivity contribution in [1.29, 1.82) is 0 Å². The van der Waals surface area contributed by atoms with Crippen LogP contribution in [0.5, 0.6) is 0 Å². The number of hydrogen-bond donors (Lipinski definition) is 1. The van der Waals surface area contributed by atoms with E-state index in [0.29, 0.717) is 28.1 Å². The topological polar surface area (TPSA) is 103 Å². The van der Waals surface area contributed by atoms with E-state index < -0.39 is 11.9 Å². The zero-order valence-electron chi connectivity index (χ0n) is 17.3. The number of esters is 1. The van der Waals surface area contributed by atoms with E-state index in [9.17, 15) is 14.4 Å². The number of carbonyl (C=O) groups excluding carboxylic acids is 2. The van der Waals surface area contributed by atoms with Gasteiger partial charge in [-0.15, -0.1) is 16.4 Å². The second kappa shape index (κ2) is 9.52. The average molecular weight is 449 g/mol. The molecular formula is C23H20N4O4S. The number of nitrogens with one attached hydrogen (secondary N) is 1. The minimum Gasteiger partial charge on any atom is -0.462 e. The Morgan fingerprint density at radius 2 is 1.84 bits per heavy atom. The summed E-state index contributed by atoms with van der Waals surface area (Å²) in [5.41, 5.74) is 1.50. The number of fused-ring (bicyclic) bond motifs is 1. The lowest BCUT2D eigenvalue weighted by atomic mass is 10.2. The monoisotopic (exact) mass is 448 g/mol. The summed E-state index contributed by atoms with van der Waals surface area (Å²) in [6.07, 6.45) is 0.743. The van der Waals surface area contributed by atoms with Gasteiger partial charge in [-0.25, -0.2) is 9.48 Å². The van der Waals surface area contributed by atoms with Gasteiger partial charge in [-0.05, 0) is 42.3 Å². The molecule has 9 heteroatoms. The molecule has 1 N–H and O–H groups in total. The van der Waals surface area contributed by atoms with Crippen molar-refractivity contribution in [3.05, 3.63) is 76.6 Å². The maximum Gasteiger partial charge on any atom is 0.338 e. The number of benzene rings is 2. The Morgan fingerprint density at radius 1 is 1.09 bits per heavy atom. The molecule has 0 bridgehead atoms. The highest BCUT2D eigenvalue weighted by Crippen LogP contribution is 2.30. The first kappa shape index (κ1) is 21.4. The molecule has 2 heterocycles. The Balaban J connectivity index is 1.46. The van der Waals surface area contributed by atoms with Crippen molar-refractivity contribution in [1.82, 2.24) is 15.0 Å². The second-order valence-electron chi connectivity index (χ2n) is 7.01. The second-order valence-corrected chi connectivity index (χ2v) is 8.04. The molecule has 0 spiro atoms. The molecule has 0 atom stereocenters. The van der Waals surface area contributed by atoms with Crippen LogP contribution in [0, 0.1) is 0 Å². The summed E-state index contributed by atoms with van der Waals surface area (Å²) in [5, 5.41) is 11.1. The van der Waals surface area contributed by atoms with Crippen LogP contribution >= 0.6 is 11.3 Å². The van der Waals surface area contributed by atoms with E-state index in [1.807, 2.05) is 37.3 Å². The van der Waals surface area contributed by atoms with E-state index in [1.165, 1.54) is 11.3 Å². The molecule has 0 unspecified atom stereocenters. The van der Waals surface area contributed by atoms with Crippen molar-refractivity contribution < 1.29 is 14.3 Å². The number of aromatic nitrogens is 3. The quantitative estimate of drug-likeness (QED) is 0.432. The lowest BCUT2D eigenvalue weighted by Crippen LogP contribution is -2.30. The Bertz CT molecular complexity index is 1310. The standard InChI is InChI=1S/C23H20N4O4S/c1-2-12-31-23(30)16-8-10-17(11-9-16)24-20(28)14-27-22(29)18-13-19(32-21(18)25-26-27)15-6-4-3-5-7-15/h3-11,13H,2,12,14H2,1H3,(H,24,28). The number of ether oxygens (including phenoxy) is 1. The van der Waals surface area contributed by atoms with E-state index in [-0.39, 0.29) is 12.1 Å². The molecule has 0 fully saturated rings. The average Bonchev–Trinajstić information content (AvgIpc) is 3.26. The van der Waals surface area contributed by atoms with E-state index in [1.54, 1.807) is 30.3 Å². The molecule has 4 rings (SSSR count). The van der Waals surface area contributed by atoms with Gasteiger partial charge in [0.2, 0.25) is 5.91 Å². The molecule has 0 aliphatic carbocycles. The van der Waals surface area contributed by atoms with Crippen LogP contribution in [0.1, 0.15) is 23.7 Å². The molecule has 4 aromatic rings. The van der Waals surface area contributed by atoms with E-state index in [4.69, 9.17) is 4.74 Å². The zero-order valence-corrected chi connectivity index (χ0v) is 18.1. The molecule has 8 nitrogen and oxygen atoms in total. The predicted molar refractivity (Wildman–Crippen MR) is 123 cm³/mol. The summed E-state index contributed by atoms with van der Waals surface area (Å²) >= 11 is 1.38. The van der Waals surface area contributed by atoms with Crippen molar-refractivity contribution in [2.24, 2.45) is 0 Å². The fourth-order valence-electron chi connectivity index (χ4n) is 3.04. The Kier molecular flexibility index (Phi) is 6.37. The third-order valence-electron chi connectivity index (χ3n) is 4.61. The lowest BCUT2D eigenvalue weighted by Gasteiger charge is -2.07. The minimum absolute atomic E-state index is 0.279. The molecule has 0 saturated heterocycles. The molecule has 2 aromatic carbocycles. The largest absolute Gasteiger partial charge is 0.462 e. The van der Waals surface area contributed by atoms with Crippen molar-refractivity contribution in [3.63, 3.8) is 0 Å². The highest BCUT2D eigenvalue weighted by Gasteiger charge is 2.14. The Labute approximate surface area is 187 Å². The summed E-state index contributed by atoms with van der Waals surface area (Å²) in [6, 6.07) is 17.8. The van der Waals surface area contributed by atoms with Crippen molar-refractivity contribution >= 4 is 39.1 Å². The smallest absolute Gasteiger partial charge is 0.338 e. The number of thiophene rings is 1. The molecule has 0 aliphatic rings. The molecule has 2 aromatic heterocycles. The number of nitrogens with zero attached hydrogens (tertiary/aromatic N) is 3. The van der Waals surface area contributed by atoms with Gasteiger partial charge in [0, 0.05) is 10.6 Å². The summed E-state index contributed by atoms with van der Waals surface area (Å²) in [7, 11) is 0. The fourth-order valence-corrected chi connectivity index (χ4v) is 4.01. The van der Waals surface area contributed by atoms with Crippen LogP contribution in [0.3, 0.4) is 0 Å². The van der Waals surface area contributed by atoms with Gasteiger partial charge in [0.15, 0.2) is 4.83 Å². The Morgan fingerprint density at radius 3 is 2.56 bits per heavy atom. The molecule has 162 valence electrons. The van der Waals surface area contributed by atoms with Gasteiger partial charge in [-0.1, -0.05) is 42.5 Å². The van der Waals surface area contributed by atoms with Crippen molar-refractivity contribution in [2.75, 3.05) is 11.9 Å². The number of hydrogen-bond acceptors (Lipinski definition) is 7. The molecular weight excluding hydrogens is 428 g/mol. The highest BCUT2D eigenvalue weighted by molar-refractivity contribution is 7.21. The summed E-state index contributed by atoms with van der Waals surface area (Å²) < 4.78 is 6.11.